The van der Waals surface area contributed by atoms with Crippen LogP contribution in [0.4, 0.5) is 4.39 Å². The van der Waals surface area contributed by atoms with Crippen LogP contribution in [0.25, 0.3) is 5.69 Å². The van der Waals surface area contributed by atoms with Gasteiger partial charge in [0.15, 0.2) is 11.6 Å². The van der Waals surface area contributed by atoms with E-state index in [9.17, 15) is 4.39 Å². The molecule has 1 aliphatic carbocycles. The number of pyridine rings is 1. The van der Waals surface area contributed by atoms with Gasteiger partial charge in [0.25, 0.3) is 0 Å². The molecule has 0 N–H and O–H groups in total. The van der Waals surface area contributed by atoms with Crippen LogP contribution >= 0.6 is 23.2 Å². The molecule has 5 nitrogen and oxygen atoms in total. The second-order valence-electron chi connectivity index (χ2n) is 6.77. The number of benzene rings is 1. The first-order valence-corrected chi connectivity index (χ1v) is 9.44. The molecule has 2 aromatic heterocycles. The lowest BCUT2D eigenvalue weighted by atomic mass is 10.0. The molecule has 1 fully saturated rings. The molecule has 3 heterocycles. The number of rotatable bonds is 2. The SMILES string of the molecule is C[C@@H]1N=C(c2ncccc2F)c2c(ccc(Cl)c2Cl)-n2c(C3CC3)nnc21. The summed E-state index contributed by atoms with van der Waals surface area (Å²) in [5.41, 5.74) is 1.81. The fourth-order valence-electron chi connectivity index (χ4n) is 3.44. The molecule has 0 amide bonds. The van der Waals surface area contributed by atoms with Crippen molar-refractivity contribution in [2.24, 2.45) is 4.99 Å². The van der Waals surface area contributed by atoms with Crippen LogP contribution in [-0.4, -0.2) is 25.5 Å². The number of aromatic nitrogens is 4. The average Bonchev–Trinajstić information content (AvgIpc) is 3.42. The van der Waals surface area contributed by atoms with Crippen molar-refractivity contribution in [1.82, 2.24) is 19.7 Å². The Morgan fingerprint density at radius 3 is 2.63 bits per heavy atom. The van der Waals surface area contributed by atoms with Crippen LogP contribution in [-0.2, 0) is 0 Å². The maximum absolute atomic E-state index is 14.6. The summed E-state index contributed by atoms with van der Waals surface area (Å²) in [5.74, 6) is 1.48. The van der Waals surface area contributed by atoms with Crippen LogP contribution in [0.3, 0.4) is 0 Å². The summed E-state index contributed by atoms with van der Waals surface area (Å²) >= 11 is 12.9. The maximum Gasteiger partial charge on any atom is 0.162 e. The van der Waals surface area contributed by atoms with Gasteiger partial charge in [0, 0.05) is 17.7 Å². The molecule has 2 aliphatic rings. The molecule has 136 valence electrons. The van der Waals surface area contributed by atoms with Gasteiger partial charge < -0.3 is 0 Å². The first kappa shape index (κ1) is 16.8. The van der Waals surface area contributed by atoms with Crippen LogP contribution in [0.2, 0.25) is 10.0 Å². The van der Waals surface area contributed by atoms with E-state index in [1.807, 2.05) is 17.6 Å². The van der Waals surface area contributed by atoms with Crippen LogP contribution < -0.4 is 0 Å². The van der Waals surface area contributed by atoms with Gasteiger partial charge in [-0.05, 0) is 44.0 Å². The van der Waals surface area contributed by atoms with E-state index >= 15 is 0 Å². The Balaban J connectivity index is 1.86. The largest absolute Gasteiger partial charge is 0.280 e. The van der Waals surface area contributed by atoms with Crippen molar-refractivity contribution in [3.8, 4) is 5.69 Å². The molecule has 0 bridgehead atoms. The van der Waals surface area contributed by atoms with Gasteiger partial charge >= 0.3 is 0 Å². The Kier molecular flexibility index (Phi) is 3.81. The van der Waals surface area contributed by atoms with Gasteiger partial charge in [-0.2, -0.15) is 0 Å². The van der Waals surface area contributed by atoms with Crippen molar-refractivity contribution in [2.45, 2.75) is 31.7 Å². The fourth-order valence-corrected chi connectivity index (χ4v) is 3.85. The van der Waals surface area contributed by atoms with Gasteiger partial charge in [-0.1, -0.05) is 23.2 Å². The number of halogens is 3. The highest BCUT2D eigenvalue weighted by Gasteiger charge is 2.35. The third-order valence-electron chi connectivity index (χ3n) is 4.89. The summed E-state index contributed by atoms with van der Waals surface area (Å²) in [6, 6.07) is 6.14. The summed E-state index contributed by atoms with van der Waals surface area (Å²) in [6.07, 6.45) is 3.68. The Labute approximate surface area is 164 Å². The van der Waals surface area contributed by atoms with E-state index in [2.05, 4.69) is 15.2 Å². The Bertz CT molecular complexity index is 1100. The van der Waals surface area contributed by atoms with E-state index in [1.54, 1.807) is 12.1 Å². The van der Waals surface area contributed by atoms with Crippen molar-refractivity contribution in [2.75, 3.05) is 0 Å². The molecule has 1 aromatic carbocycles. The predicted molar refractivity (Wildman–Crippen MR) is 102 cm³/mol. The van der Waals surface area contributed by atoms with Crippen molar-refractivity contribution in [3.05, 3.63) is 69.2 Å². The lowest BCUT2D eigenvalue weighted by Gasteiger charge is -2.15. The van der Waals surface area contributed by atoms with Crippen molar-refractivity contribution in [3.63, 3.8) is 0 Å². The van der Waals surface area contributed by atoms with E-state index in [0.717, 1.165) is 24.4 Å². The van der Waals surface area contributed by atoms with E-state index in [1.165, 1.54) is 12.3 Å². The third-order valence-corrected chi connectivity index (χ3v) is 5.69. The Hall–Kier alpha value is -2.31. The third kappa shape index (κ3) is 2.58. The molecule has 5 rings (SSSR count). The quantitative estimate of drug-likeness (QED) is 0.613. The fraction of sp³-hybridized carbons (Fsp3) is 0.263. The highest BCUT2D eigenvalue weighted by atomic mass is 35.5. The normalized spacial score (nSPS) is 18.5. The van der Waals surface area contributed by atoms with Crippen molar-refractivity contribution >= 4 is 28.9 Å². The highest BCUT2D eigenvalue weighted by Crippen LogP contribution is 2.44. The number of hydrogen-bond donors (Lipinski definition) is 0. The monoisotopic (exact) mass is 401 g/mol. The molecule has 1 saturated carbocycles. The molecular weight excluding hydrogens is 388 g/mol. The minimum atomic E-state index is -0.467. The molecule has 0 unspecified atom stereocenters. The molecule has 0 radical (unpaired) electrons. The predicted octanol–water partition coefficient (Wildman–Crippen LogP) is 4.90. The smallest absolute Gasteiger partial charge is 0.162 e. The van der Waals surface area contributed by atoms with E-state index in [4.69, 9.17) is 28.2 Å². The van der Waals surface area contributed by atoms with E-state index in [-0.39, 0.29) is 11.7 Å². The van der Waals surface area contributed by atoms with Gasteiger partial charge in [0.2, 0.25) is 0 Å². The summed E-state index contributed by atoms with van der Waals surface area (Å²) in [4.78, 5) is 8.94. The average molecular weight is 402 g/mol. The van der Waals surface area contributed by atoms with Gasteiger partial charge in [0.05, 0.1) is 21.4 Å². The second kappa shape index (κ2) is 6.11. The summed E-state index contributed by atoms with van der Waals surface area (Å²) in [7, 11) is 0. The van der Waals surface area contributed by atoms with Crippen LogP contribution in [0.5, 0.6) is 0 Å². The highest BCUT2D eigenvalue weighted by molar-refractivity contribution is 6.45. The lowest BCUT2D eigenvalue weighted by molar-refractivity contribution is 0.617. The molecule has 8 heteroatoms. The number of fused-ring (bicyclic) bond motifs is 3. The molecule has 0 saturated heterocycles. The van der Waals surface area contributed by atoms with E-state index < -0.39 is 5.82 Å². The minimum Gasteiger partial charge on any atom is -0.280 e. The zero-order valence-electron chi connectivity index (χ0n) is 14.3. The first-order valence-electron chi connectivity index (χ1n) is 8.69. The zero-order chi connectivity index (χ0) is 18.7. The van der Waals surface area contributed by atoms with Crippen LogP contribution in [0, 0.1) is 5.82 Å². The van der Waals surface area contributed by atoms with E-state index in [0.29, 0.717) is 33.1 Å². The maximum atomic E-state index is 14.6. The zero-order valence-corrected chi connectivity index (χ0v) is 15.8. The summed E-state index contributed by atoms with van der Waals surface area (Å²) < 4.78 is 16.6. The van der Waals surface area contributed by atoms with Crippen LogP contribution in [0.15, 0.2) is 35.5 Å². The first-order chi connectivity index (χ1) is 13.1. The molecule has 1 atom stereocenters. The van der Waals surface area contributed by atoms with Gasteiger partial charge in [0.1, 0.15) is 17.6 Å². The molecule has 1 aliphatic heterocycles. The molecule has 27 heavy (non-hydrogen) atoms. The standard InChI is InChI=1S/C19H14Cl2FN5/c1-9-18-25-26-19(10-4-5-10)27(18)13-7-6-11(20)15(21)14(13)17(24-9)16-12(22)3-2-8-23-16/h2-3,6-10H,4-5H2,1H3/t9-/m0/s1. The minimum absolute atomic E-state index is 0.140. The Morgan fingerprint density at radius 1 is 1.11 bits per heavy atom. The number of aliphatic imine (C=N–C) groups is 1. The molecule has 0 spiro atoms. The molecular formula is C19H14Cl2FN5. The Morgan fingerprint density at radius 2 is 1.89 bits per heavy atom. The summed E-state index contributed by atoms with van der Waals surface area (Å²) in [5, 5.41) is 9.46. The number of nitrogens with zero attached hydrogens (tertiary/aromatic N) is 5. The topological polar surface area (TPSA) is 56.0 Å². The van der Waals surface area contributed by atoms with Crippen molar-refractivity contribution in [1.29, 1.82) is 0 Å². The molecule has 3 aromatic rings. The number of hydrogen-bond acceptors (Lipinski definition) is 4. The second-order valence-corrected chi connectivity index (χ2v) is 7.55. The van der Waals surface area contributed by atoms with Gasteiger partial charge in [-0.15, -0.1) is 10.2 Å². The van der Waals surface area contributed by atoms with Gasteiger partial charge in [-0.3, -0.25) is 14.5 Å². The van der Waals surface area contributed by atoms with Crippen LogP contribution in [0.1, 0.15) is 54.6 Å². The summed E-state index contributed by atoms with van der Waals surface area (Å²) in [6.45, 7) is 1.90. The lowest BCUT2D eigenvalue weighted by Crippen LogP contribution is -2.13. The van der Waals surface area contributed by atoms with Crippen molar-refractivity contribution < 1.29 is 4.39 Å². The van der Waals surface area contributed by atoms with Gasteiger partial charge in [-0.25, -0.2) is 4.39 Å².